The number of benzene rings is 1. The molecule has 2 atom stereocenters. The molecule has 4 rings (SSSR count). The molecular formula is C23H28N4O2. The number of carbonyl (C=O) groups excluding carboxylic acids is 1. The zero-order valence-electron chi connectivity index (χ0n) is 17.3. The van der Waals surface area contributed by atoms with Crippen LogP contribution in [-0.2, 0) is 17.8 Å². The number of ether oxygens (including phenoxy) is 1. The molecule has 0 saturated carbocycles. The van der Waals surface area contributed by atoms with Gasteiger partial charge < -0.3 is 14.6 Å². The molecule has 0 spiro atoms. The minimum Gasteiger partial charge on any atom is -0.497 e. The van der Waals surface area contributed by atoms with Crippen LogP contribution in [0.5, 0.6) is 5.75 Å². The van der Waals surface area contributed by atoms with Gasteiger partial charge in [-0.3, -0.25) is 4.79 Å². The van der Waals surface area contributed by atoms with Crippen molar-refractivity contribution in [2.45, 2.75) is 39.7 Å². The van der Waals surface area contributed by atoms with Gasteiger partial charge in [0.15, 0.2) is 5.65 Å². The number of carbonyl (C=O) groups is 1. The SMILES string of the molecule is CCC(Cc1c(C)cnc2c1ncn2Cc1ccc(OC)cc1)C1CNC(=O)C1. The second kappa shape index (κ2) is 8.23. The number of nitrogens with one attached hydrogen (secondary N) is 1. The van der Waals surface area contributed by atoms with Crippen molar-refractivity contribution in [1.29, 1.82) is 0 Å². The lowest BCUT2D eigenvalue weighted by Gasteiger charge is -2.21. The zero-order valence-corrected chi connectivity index (χ0v) is 17.3. The smallest absolute Gasteiger partial charge is 0.220 e. The van der Waals surface area contributed by atoms with E-state index in [-0.39, 0.29) is 5.91 Å². The van der Waals surface area contributed by atoms with E-state index in [1.165, 1.54) is 16.7 Å². The molecule has 3 heterocycles. The van der Waals surface area contributed by atoms with Gasteiger partial charge in [-0.25, -0.2) is 9.97 Å². The number of hydrogen-bond donors (Lipinski definition) is 1. The van der Waals surface area contributed by atoms with E-state index in [4.69, 9.17) is 9.72 Å². The standard InChI is InChI=1S/C23H28N4O2/c1-4-17(18-10-21(28)24-12-18)9-20-15(2)11-25-23-22(20)26-14-27(23)13-16-5-7-19(29-3)8-6-16/h5-8,11,14,17-18H,4,9-10,12-13H2,1-3H3,(H,24,28). The first-order chi connectivity index (χ1) is 14.1. The molecule has 6 nitrogen and oxygen atoms in total. The van der Waals surface area contributed by atoms with Crippen molar-refractivity contribution in [1.82, 2.24) is 19.9 Å². The van der Waals surface area contributed by atoms with Crippen molar-refractivity contribution in [3.8, 4) is 5.75 Å². The molecule has 0 radical (unpaired) electrons. The Hall–Kier alpha value is -2.89. The number of aromatic nitrogens is 3. The summed E-state index contributed by atoms with van der Waals surface area (Å²) in [6.07, 6.45) is 6.45. The van der Waals surface area contributed by atoms with Crippen LogP contribution in [-0.4, -0.2) is 34.1 Å². The highest BCUT2D eigenvalue weighted by Gasteiger charge is 2.29. The highest BCUT2D eigenvalue weighted by molar-refractivity contribution is 5.78. The van der Waals surface area contributed by atoms with Crippen LogP contribution in [0, 0.1) is 18.8 Å². The van der Waals surface area contributed by atoms with Gasteiger partial charge in [-0.05, 0) is 54.0 Å². The summed E-state index contributed by atoms with van der Waals surface area (Å²) in [4.78, 5) is 21.1. The number of imidazole rings is 1. The third-order valence-electron chi connectivity index (χ3n) is 6.13. The molecule has 2 aromatic heterocycles. The lowest BCUT2D eigenvalue weighted by molar-refractivity contribution is -0.119. The zero-order chi connectivity index (χ0) is 20.4. The number of fused-ring (bicyclic) bond motifs is 1. The topological polar surface area (TPSA) is 69.0 Å². The van der Waals surface area contributed by atoms with Crippen LogP contribution in [0.1, 0.15) is 36.5 Å². The van der Waals surface area contributed by atoms with Crippen molar-refractivity contribution in [2.75, 3.05) is 13.7 Å². The fraction of sp³-hybridized carbons (Fsp3) is 0.435. The predicted molar refractivity (Wildman–Crippen MR) is 113 cm³/mol. The number of amides is 1. The Balaban J connectivity index is 1.61. The van der Waals surface area contributed by atoms with Crippen LogP contribution in [0.4, 0.5) is 0 Å². The molecule has 152 valence electrons. The molecule has 1 aromatic carbocycles. The Labute approximate surface area is 171 Å². The lowest BCUT2D eigenvalue weighted by Crippen LogP contribution is -2.20. The van der Waals surface area contributed by atoms with E-state index in [1.54, 1.807) is 7.11 Å². The summed E-state index contributed by atoms with van der Waals surface area (Å²) >= 11 is 0. The second-order valence-corrected chi connectivity index (χ2v) is 7.95. The second-order valence-electron chi connectivity index (χ2n) is 7.95. The van der Waals surface area contributed by atoms with Gasteiger partial charge in [0.05, 0.1) is 20.0 Å². The number of pyridine rings is 1. The molecule has 0 aliphatic carbocycles. The van der Waals surface area contributed by atoms with Crippen LogP contribution in [0.3, 0.4) is 0 Å². The molecule has 1 saturated heterocycles. The van der Waals surface area contributed by atoms with Gasteiger partial charge in [-0.2, -0.15) is 0 Å². The highest BCUT2D eigenvalue weighted by Crippen LogP contribution is 2.30. The van der Waals surface area contributed by atoms with E-state index in [9.17, 15) is 4.79 Å². The molecular weight excluding hydrogens is 364 g/mol. The summed E-state index contributed by atoms with van der Waals surface area (Å²) in [5, 5.41) is 2.98. The summed E-state index contributed by atoms with van der Waals surface area (Å²) in [7, 11) is 1.67. The summed E-state index contributed by atoms with van der Waals surface area (Å²) < 4.78 is 7.34. The van der Waals surface area contributed by atoms with Crippen LogP contribution in [0.25, 0.3) is 11.2 Å². The van der Waals surface area contributed by atoms with E-state index in [0.29, 0.717) is 24.8 Å². The van der Waals surface area contributed by atoms with Gasteiger partial charge in [0.25, 0.3) is 0 Å². The Bertz CT molecular complexity index is 1010. The van der Waals surface area contributed by atoms with Gasteiger partial charge >= 0.3 is 0 Å². The van der Waals surface area contributed by atoms with E-state index >= 15 is 0 Å². The number of nitrogens with zero attached hydrogens (tertiary/aromatic N) is 3. The quantitative estimate of drug-likeness (QED) is 0.668. The average molecular weight is 393 g/mol. The minimum absolute atomic E-state index is 0.175. The van der Waals surface area contributed by atoms with E-state index < -0.39 is 0 Å². The van der Waals surface area contributed by atoms with Crippen molar-refractivity contribution in [3.63, 3.8) is 0 Å². The lowest BCUT2D eigenvalue weighted by atomic mass is 9.83. The fourth-order valence-electron chi connectivity index (χ4n) is 4.31. The van der Waals surface area contributed by atoms with Crippen molar-refractivity contribution in [3.05, 3.63) is 53.5 Å². The molecule has 1 fully saturated rings. The summed E-state index contributed by atoms with van der Waals surface area (Å²) in [6.45, 7) is 5.82. The van der Waals surface area contributed by atoms with Gasteiger partial charge in [-0.15, -0.1) is 0 Å². The maximum atomic E-state index is 11.7. The Kier molecular flexibility index (Phi) is 5.51. The molecule has 3 aromatic rings. The first-order valence-electron chi connectivity index (χ1n) is 10.3. The number of rotatable bonds is 7. The van der Waals surface area contributed by atoms with Gasteiger partial charge in [0.2, 0.25) is 5.91 Å². The largest absolute Gasteiger partial charge is 0.497 e. The van der Waals surface area contributed by atoms with Crippen molar-refractivity contribution >= 4 is 17.1 Å². The van der Waals surface area contributed by atoms with Crippen LogP contribution in [0.2, 0.25) is 0 Å². The molecule has 1 aliphatic rings. The van der Waals surface area contributed by atoms with Gasteiger partial charge in [0, 0.05) is 19.2 Å². The summed E-state index contributed by atoms with van der Waals surface area (Å²) in [6, 6.07) is 8.08. The molecule has 0 bridgehead atoms. The van der Waals surface area contributed by atoms with E-state index in [0.717, 1.165) is 36.3 Å². The third kappa shape index (κ3) is 3.97. The van der Waals surface area contributed by atoms with E-state index in [2.05, 4.69) is 40.8 Å². The normalized spacial score (nSPS) is 17.5. The maximum Gasteiger partial charge on any atom is 0.220 e. The predicted octanol–water partition coefficient (Wildman–Crippen LogP) is 3.50. The first-order valence-corrected chi connectivity index (χ1v) is 10.3. The molecule has 6 heteroatoms. The fourth-order valence-corrected chi connectivity index (χ4v) is 4.31. The Morgan fingerprint density at radius 1 is 1.28 bits per heavy atom. The minimum atomic E-state index is 0.175. The van der Waals surface area contributed by atoms with E-state index in [1.807, 2.05) is 24.7 Å². The monoisotopic (exact) mass is 392 g/mol. The number of methoxy groups -OCH3 is 1. The third-order valence-corrected chi connectivity index (χ3v) is 6.13. The molecule has 1 N–H and O–H groups in total. The molecule has 2 unspecified atom stereocenters. The van der Waals surface area contributed by atoms with Crippen LogP contribution < -0.4 is 10.1 Å². The molecule has 1 aliphatic heterocycles. The summed E-state index contributed by atoms with van der Waals surface area (Å²) in [5.74, 6) is 1.89. The molecule has 1 amide bonds. The maximum absolute atomic E-state index is 11.7. The van der Waals surface area contributed by atoms with Crippen molar-refractivity contribution < 1.29 is 9.53 Å². The van der Waals surface area contributed by atoms with Crippen LogP contribution in [0.15, 0.2) is 36.8 Å². The number of aryl methyl sites for hydroxylation is 1. The van der Waals surface area contributed by atoms with Gasteiger partial charge in [0.1, 0.15) is 11.3 Å². The summed E-state index contributed by atoms with van der Waals surface area (Å²) in [5.41, 5.74) is 5.50. The Morgan fingerprint density at radius 2 is 2.07 bits per heavy atom. The highest BCUT2D eigenvalue weighted by atomic mass is 16.5. The average Bonchev–Trinajstić information content (AvgIpc) is 3.34. The Morgan fingerprint density at radius 3 is 2.72 bits per heavy atom. The number of hydrogen-bond acceptors (Lipinski definition) is 4. The first kappa shape index (κ1) is 19.4. The van der Waals surface area contributed by atoms with Crippen LogP contribution >= 0.6 is 0 Å². The molecule has 29 heavy (non-hydrogen) atoms. The van der Waals surface area contributed by atoms with Gasteiger partial charge in [-0.1, -0.05) is 25.5 Å². The van der Waals surface area contributed by atoms with Crippen molar-refractivity contribution in [2.24, 2.45) is 11.8 Å².